The monoisotopic (exact) mass is 244 g/mol. The van der Waals surface area contributed by atoms with Gasteiger partial charge in [0.25, 0.3) is 0 Å². The molecule has 0 unspecified atom stereocenters. The van der Waals surface area contributed by atoms with Crippen LogP contribution in [0.2, 0.25) is 19.6 Å². The highest BCUT2D eigenvalue weighted by Gasteiger charge is 2.12. The van der Waals surface area contributed by atoms with Gasteiger partial charge in [-0.05, 0) is 38.9 Å². The smallest absolute Gasteiger partial charge is 0.330 e. The van der Waals surface area contributed by atoms with E-state index in [1.54, 1.807) is 0 Å². The van der Waals surface area contributed by atoms with Crippen molar-refractivity contribution >= 4 is 14.3 Å². The fraction of sp³-hybridized carbons (Fsp3) is 0.750. The molecule has 0 saturated carbocycles. The van der Waals surface area contributed by atoms with Crippen molar-refractivity contribution in [1.29, 1.82) is 0 Å². The summed E-state index contributed by atoms with van der Waals surface area (Å²) in [5.41, 5.74) is 0. The van der Waals surface area contributed by atoms with Crippen molar-refractivity contribution in [2.45, 2.75) is 45.3 Å². The lowest BCUT2D eigenvalue weighted by atomic mass is 10.2. The first-order valence-corrected chi connectivity index (χ1v) is 9.29. The van der Waals surface area contributed by atoms with Crippen molar-refractivity contribution in [3.8, 4) is 0 Å². The van der Waals surface area contributed by atoms with Crippen LogP contribution in [0.25, 0.3) is 0 Å². The Hall–Kier alpha value is -0.613. The fourth-order valence-electron chi connectivity index (χ4n) is 1.17. The molecule has 0 bridgehead atoms. The van der Waals surface area contributed by atoms with Crippen LogP contribution in [0.15, 0.2) is 12.7 Å². The molecule has 4 heteroatoms. The first-order valence-electron chi connectivity index (χ1n) is 5.89. The van der Waals surface area contributed by atoms with E-state index in [2.05, 4.69) is 26.2 Å². The van der Waals surface area contributed by atoms with Crippen molar-refractivity contribution in [2.24, 2.45) is 0 Å². The quantitative estimate of drug-likeness (QED) is 0.270. The second-order valence-corrected chi connectivity index (χ2v) is 9.26. The lowest BCUT2D eigenvalue weighted by Crippen LogP contribution is -2.25. The maximum Gasteiger partial charge on any atom is 0.330 e. The lowest BCUT2D eigenvalue weighted by molar-refractivity contribution is -0.137. The van der Waals surface area contributed by atoms with Crippen molar-refractivity contribution in [3.63, 3.8) is 0 Å². The maximum atomic E-state index is 10.7. The molecular formula is C12H24O3Si. The highest BCUT2D eigenvalue weighted by molar-refractivity contribution is 6.69. The second-order valence-electron chi connectivity index (χ2n) is 4.75. The number of ether oxygens (including phenoxy) is 1. The molecule has 0 spiro atoms. The van der Waals surface area contributed by atoms with Crippen LogP contribution >= 0.6 is 0 Å². The minimum Gasteiger partial charge on any atom is -0.463 e. The predicted octanol–water partition coefficient (Wildman–Crippen LogP) is 3.13. The van der Waals surface area contributed by atoms with E-state index in [4.69, 9.17) is 9.16 Å². The number of rotatable bonds is 9. The van der Waals surface area contributed by atoms with Gasteiger partial charge in [0.1, 0.15) is 0 Å². The fourth-order valence-corrected chi connectivity index (χ4v) is 1.92. The summed E-state index contributed by atoms with van der Waals surface area (Å²) in [7, 11) is -1.33. The van der Waals surface area contributed by atoms with Gasteiger partial charge < -0.3 is 9.16 Å². The minimum atomic E-state index is -1.33. The van der Waals surface area contributed by atoms with Crippen LogP contribution in [0.3, 0.4) is 0 Å². The number of carbonyl (C=O) groups excluding carboxylic acids is 1. The molecule has 0 aliphatic rings. The molecule has 0 aromatic heterocycles. The molecule has 0 atom stereocenters. The highest BCUT2D eigenvalue weighted by atomic mass is 28.4. The standard InChI is InChI=1S/C12H24O3Si/c1-5-12(13)14-10-8-6-7-9-11-15-16(2,3)4/h5H,1,6-11H2,2-4H3. The number of esters is 1. The normalized spacial score (nSPS) is 11.2. The Morgan fingerprint density at radius 1 is 1.12 bits per heavy atom. The molecule has 3 nitrogen and oxygen atoms in total. The Morgan fingerprint density at radius 3 is 2.19 bits per heavy atom. The van der Waals surface area contributed by atoms with E-state index >= 15 is 0 Å². The van der Waals surface area contributed by atoms with Crippen LogP contribution in [-0.2, 0) is 14.0 Å². The van der Waals surface area contributed by atoms with Crippen molar-refractivity contribution in [1.82, 2.24) is 0 Å². The van der Waals surface area contributed by atoms with Gasteiger partial charge in [0.05, 0.1) is 6.61 Å². The summed E-state index contributed by atoms with van der Waals surface area (Å²) in [6.07, 6.45) is 5.43. The molecule has 0 aliphatic heterocycles. The Morgan fingerprint density at radius 2 is 1.69 bits per heavy atom. The average Bonchev–Trinajstić information content (AvgIpc) is 2.20. The van der Waals surface area contributed by atoms with E-state index in [0.717, 1.165) is 32.3 Å². The zero-order valence-corrected chi connectivity index (χ0v) is 11.8. The van der Waals surface area contributed by atoms with Crippen LogP contribution in [0.1, 0.15) is 25.7 Å². The zero-order chi connectivity index (χ0) is 12.4. The van der Waals surface area contributed by atoms with Gasteiger partial charge >= 0.3 is 5.97 Å². The molecule has 94 valence electrons. The third-order valence-corrected chi connectivity index (χ3v) is 3.05. The first kappa shape index (κ1) is 15.4. The molecule has 0 radical (unpaired) electrons. The van der Waals surface area contributed by atoms with E-state index in [-0.39, 0.29) is 5.97 Å². The van der Waals surface area contributed by atoms with E-state index < -0.39 is 8.32 Å². The first-order chi connectivity index (χ1) is 7.45. The van der Waals surface area contributed by atoms with Crippen LogP contribution in [-0.4, -0.2) is 27.5 Å². The van der Waals surface area contributed by atoms with Crippen LogP contribution < -0.4 is 0 Å². The molecule has 0 aromatic rings. The largest absolute Gasteiger partial charge is 0.463 e. The number of hydrogen-bond acceptors (Lipinski definition) is 3. The summed E-state index contributed by atoms with van der Waals surface area (Å²) in [6.45, 7) is 11.3. The number of unbranched alkanes of at least 4 members (excludes halogenated alkanes) is 3. The Kier molecular flexibility index (Phi) is 8.20. The van der Waals surface area contributed by atoms with E-state index in [9.17, 15) is 4.79 Å². The zero-order valence-electron chi connectivity index (χ0n) is 10.8. The van der Waals surface area contributed by atoms with Gasteiger partial charge in [0.2, 0.25) is 0 Å². The van der Waals surface area contributed by atoms with Gasteiger partial charge in [-0.3, -0.25) is 0 Å². The molecule has 0 fully saturated rings. The van der Waals surface area contributed by atoms with Gasteiger partial charge in [-0.2, -0.15) is 0 Å². The molecule has 0 heterocycles. The Bertz CT molecular complexity index is 209. The maximum absolute atomic E-state index is 10.7. The van der Waals surface area contributed by atoms with Gasteiger partial charge in [-0.1, -0.05) is 13.0 Å². The summed E-state index contributed by atoms with van der Waals surface area (Å²) in [4.78, 5) is 10.7. The molecule has 0 N–H and O–H groups in total. The van der Waals surface area contributed by atoms with Crippen molar-refractivity contribution in [2.75, 3.05) is 13.2 Å². The molecule has 0 aromatic carbocycles. The SMILES string of the molecule is C=CC(=O)OCCCCCCO[Si](C)(C)C. The Labute approximate surface area is 100.0 Å². The topological polar surface area (TPSA) is 35.5 Å². The summed E-state index contributed by atoms with van der Waals surface area (Å²) in [6, 6.07) is 0. The highest BCUT2D eigenvalue weighted by Crippen LogP contribution is 2.06. The number of carbonyl (C=O) groups is 1. The molecular weight excluding hydrogens is 220 g/mol. The molecule has 0 rings (SSSR count). The van der Waals surface area contributed by atoms with Crippen LogP contribution in [0.4, 0.5) is 0 Å². The average molecular weight is 244 g/mol. The van der Waals surface area contributed by atoms with Crippen molar-refractivity contribution < 1.29 is 14.0 Å². The van der Waals surface area contributed by atoms with Gasteiger partial charge in [-0.25, -0.2) is 4.79 Å². The van der Waals surface area contributed by atoms with Gasteiger partial charge in [-0.15, -0.1) is 0 Å². The Balaban J connectivity index is 3.16. The molecule has 0 aliphatic carbocycles. The summed E-state index contributed by atoms with van der Waals surface area (Å²) in [5, 5.41) is 0. The lowest BCUT2D eigenvalue weighted by Gasteiger charge is -2.16. The molecule has 0 saturated heterocycles. The molecule has 0 amide bonds. The van der Waals surface area contributed by atoms with Gasteiger partial charge in [0, 0.05) is 12.7 Å². The van der Waals surface area contributed by atoms with E-state index in [1.165, 1.54) is 6.08 Å². The third-order valence-electron chi connectivity index (χ3n) is 1.98. The van der Waals surface area contributed by atoms with Crippen molar-refractivity contribution in [3.05, 3.63) is 12.7 Å². The van der Waals surface area contributed by atoms with E-state index in [1.807, 2.05) is 0 Å². The van der Waals surface area contributed by atoms with Gasteiger partial charge in [0.15, 0.2) is 8.32 Å². The molecule has 16 heavy (non-hydrogen) atoms. The second kappa shape index (κ2) is 8.53. The number of hydrogen-bond donors (Lipinski definition) is 0. The summed E-state index contributed by atoms with van der Waals surface area (Å²) in [5.74, 6) is -0.331. The minimum absolute atomic E-state index is 0.331. The van der Waals surface area contributed by atoms with Crippen LogP contribution in [0.5, 0.6) is 0 Å². The summed E-state index contributed by atoms with van der Waals surface area (Å²) < 4.78 is 10.6. The predicted molar refractivity (Wildman–Crippen MR) is 68.9 cm³/mol. The van der Waals surface area contributed by atoms with Crippen LogP contribution in [0, 0.1) is 0 Å². The summed E-state index contributed by atoms with van der Waals surface area (Å²) >= 11 is 0. The van der Waals surface area contributed by atoms with E-state index in [0.29, 0.717) is 6.61 Å². The third kappa shape index (κ3) is 11.5.